The third-order valence-electron chi connectivity index (χ3n) is 3.42. The molecule has 1 aliphatic rings. The molecule has 1 fully saturated rings. The van der Waals surface area contributed by atoms with Gasteiger partial charge in [-0.05, 0) is 43.5 Å². The van der Waals surface area contributed by atoms with Crippen LogP contribution < -0.4 is 5.32 Å². The van der Waals surface area contributed by atoms with Gasteiger partial charge in [-0.1, -0.05) is 23.7 Å². The van der Waals surface area contributed by atoms with Crippen LogP contribution >= 0.6 is 11.6 Å². The molecule has 0 saturated carbocycles. The van der Waals surface area contributed by atoms with Gasteiger partial charge in [0.15, 0.2) is 0 Å². The van der Waals surface area contributed by atoms with Crippen LogP contribution in [0.2, 0.25) is 5.02 Å². The monoisotopic (exact) mass is 234 g/mol. The number of aromatic amines is 1. The van der Waals surface area contributed by atoms with Crippen LogP contribution in [0.1, 0.15) is 12.0 Å². The molecular weight excluding hydrogens is 220 g/mol. The molecule has 0 spiro atoms. The Hall–Kier alpha value is -0.990. The lowest BCUT2D eigenvalue weighted by atomic mass is 9.98. The highest BCUT2D eigenvalue weighted by atomic mass is 35.5. The van der Waals surface area contributed by atoms with Gasteiger partial charge in [0.05, 0.1) is 10.5 Å². The summed E-state index contributed by atoms with van der Waals surface area (Å²) in [6.45, 7) is 2.31. The molecule has 2 aromatic rings. The molecule has 0 amide bonds. The molecule has 16 heavy (non-hydrogen) atoms. The first-order valence-corrected chi connectivity index (χ1v) is 6.17. The number of benzene rings is 1. The molecule has 1 atom stereocenters. The molecule has 3 heteroatoms. The van der Waals surface area contributed by atoms with Crippen molar-refractivity contribution >= 4 is 22.5 Å². The van der Waals surface area contributed by atoms with Gasteiger partial charge in [0, 0.05) is 11.6 Å². The van der Waals surface area contributed by atoms with Crippen LogP contribution in [0.5, 0.6) is 0 Å². The van der Waals surface area contributed by atoms with Gasteiger partial charge in [-0.2, -0.15) is 0 Å². The zero-order valence-corrected chi connectivity index (χ0v) is 9.85. The van der Waals surface area contributed by atoms with Gasteiger partial charge in [-0.25, -0.2) is 0 Å². The second-order valence-electron chi connectivity index (χ2n) is 4.54. The predicted molar refractivity (Wildman–Crippen MR) is 68.0 cm³/mol. The summed E-state index contributed by atoms with van der Waals surface area (Å²) in [5.74, 6) is 0.776. The zero-order valence-electron chi connectivity index (χ0n) is 9.09. The summed E-state index contributed by atoms with van der Waals surface area (Å²) in [7, 11) is 0. The number of para-hydroxylation sites is 1. The van der Waals surface area contributed by atoms with Crippen molar-refractivity contribution in [2.45, 2.75) is 12.8 Å². The van der Waals surface area contributed by atoms with Gasteiger partial charge >= 0.3 is 0 Å². The Balaban J connectivity index is 1.94. The van der Waals surface area contributed by atoms with Crippen LogP contribution in [-0.4, -0.2) is 18.1 Å². The van der Waals surface area contributed by atoms with E-state index >= 15 is 0 Å². The summed E-state index contributed by atoms with van der Waals surface area (Å²) in [4.78, 5) is 3.28. The van der Waals surface area contributed by atoms with Crippen molar-refractivity contribution in [2.24, 2.45) is 5.92 Å². The normalized spacial score (nSPS) is 20.7. The number of nitrogens with one attached hydrogen (secondary N) is 2. The van der Waals surface area contributed by atoms with E-state index in [4.69, 9.17) is 11.6 Å². The zero-order chi connectivity index (χ0) is 11.0. The second kappa shape index (κ2) is 4.11. The van der Waals surface area contributed by atoms with Gasteiger partial charge in [-0.15, -0.1) is 0 Å². The standard InChI is InChI=1S/C13H15ClN2/c14-12-3-1-2-11-10(8-16-13(11)12)6-9-4-5-15-7-9/h1-3,8-9,15-16H,4-7H2. The fraction of sp³-hybridized carbons (Fsp3) is 0.385. The maximum atomic E-state index is 6.14. The van der Waals surface area contributed by atoms with E-state index < -0.39 is 0 Å². The van der Waals surface area contributed by atoms with Gasteiger partial charge in [-0.3, -0.25) is 0 Å². The van der Waals surface area contributed by atoms with Gasteiger partial charge in [0.2, 0.25) is 0 Å². The Morgan fingerprint density at radius 3 is 3.12 bits per heavy atom. The van der Waals surface area contributed by atoms with E-state index in [0.29, 0.717) is 0 Å². The topological polar surface area (TPSA) is 27.8 Å². The fourth-order valence-corrected chi connectivity index (χ4v) is 2.77. The van der Waals surface area contributed by atoms with Crippen molar-refractivity contribution < 1.29 is 0 Å². The summed E-state index contributed by atoms with van der Waals surface area (Å²) in [6, 6.07) is 6.10. The number of hydrogen-bond donors (Lipinski definition) is 2. The van der Waals surface area contributed by atoms with Crippen molar-refractivity contribution in [2.75, 3.05) is 13.1 Å². The molecule has 0 aliphatic carbocycles. The van der Waals surface area contributed by atoms with Crippen molar-refractivity contribution in [1.29, 1.82) is 0 Å². The lowest BCUT2D eigenvalue weighted by molar-refractivity contribution is 0.582. The van der Waals surface area contributed by atoms with Crippen LogP contribution in [-0.2, 0) is 6.42 Å². The highest BCUT2D eigenvalue weighted by Gasteiger charge is 2.16. The molecule has 1 aromatic heterocycles. The van der Waals surface area contributed by atoms with E-state index in [1.807, 2.05) is 12.1 Å². The lowest BCUT2D eigenvalue weighted by Gasteiger charge is -2.06. The van der Waals surface area contributed by atoms with Crippen molar-refractivity contribution in [3.63, 3.8) is 0 Å². The molecule has 2 nitrogen and oxygen atoms in total. The fourth-order valence-electron chi connectivity index (χ4n) is 2.54. The van der Waals surface area contributed by atoms with Crippen molar-refractivity contribution in [3.05, 3.63) is 35.0 Å². The SMILES string of the molecule is Clc1cccc2c(CC3CCNC3)c[nH]c12. The number of H-pyrrole nitrogens is 1. The first-order chi connectivity index (χ1) is 7.84. The van der Waals surface area contributed by atoms with E-state index in [2.05, 4.69) is 22.6 Å². The molecule has 1 saturated heterocycles. The van der Waals surface area contributed by atoms with Crippen LogP contribution in [0.25, 0.3) is 10.9 Å². The average Bonchev–Trinajstić information content (AvgIpc) is 2.90. The maximum absolute atomic E-state index is 6.14. The number of fused-ring (bicyclic) bond motifs is 1. The van der Waals surface area contributed by atoms with Crippen LogP contribution in [0.3, 0.4) is 0 Å². The number of hydrogen-bond acceptors (Lipinski definition) is 1. The van der Waals surface area contributed by atoms with E-state index in [-0.39, 0.29) is 0 Å². The van der Waals surface area contributed by atoms with E-state index in [0.717, 1.165) is 36.0 Å². The minimum Gasteiger partial charge on any atom is -0.360 e. The van der Waals surface area contributed by atoms with Gasteiger partial charge < -0.3 is 10.3 Å². The van der Waals surface area contributed by atoms with E-state index in [1.54, 1.807) is 0 Å². The average molecular weight is 235 g/mol. The molecule has 3 rings (SSSR count). The summed E-state index contributed by atoms with van der Waals surface area (Å²) in [5, 5.41) is 5.50. The molecule has 1 unspecified atom stereocenters. The molecule has 2 N–H and O–H groups in total. The Morgan fingerprint density at radius 1 is 1.38 bits per heavy atom. The van der Waals surface area contributed by atoms with Crippen LogP contribution in [0.4, 0.5) is 0 Å². The van der Waals surface area contributed by atoms with Crippen LogP contribution in [0, 0.1) is 5.92 Å². The largest absolute Gasteiger partial charge is 0.360 e. The van der Waals surface area contributed by atoms with Gasteiger partial charge in [0.1, 0.15) is 0 Å². The maximum Gasteiger partial charge on any atom is 0.0647 e. The minimum absolute atomic E-state index is 0.776. The summed E-state index contributed by atoms with van der Waals surface area (Å²) < 4.78 is 0. The Bertz CT molecular complexity index is 498. The van der Waals surface area contributed by atoms with Crippen molar-refractivity contribution in [3.8, 4) is 0 Å². The van der Waals surface area contributed by atoms with Crippen LogP contribution in [0.15, 0.2) is 24.4 Å². The molecule has 1 aliphatic heterocycles. The quantitative estimate of drug-likeness (QED) is 0.822. The Kier molecular flexibility index (Phi) is 2.62. The smallest absolute Gasteiger partial charge is 0.0647 e. The molecule has 0 radical (unpaired) electrons. The lowest BCUT2D eigenvalue weighted by Crippen LogP contribution is -2.10. The highest BCUT2D eigenvalue weighted by Crippen LogP contribution is 2.27. The molecule has 0 bridgehead atoms. The third kappa shape index (κ3) is 1.72. The molecule has 84 valence electrons. The summed E-state index contributed by atoms with van der Waals surface area (Å²) >= 11 is 6.14. The first kappa shape index (κ1) is 10.2. The third-order valence-corrected chi connectivity index (χ3v) is 3.74. The van der Waals surface area contributed by atoms with Gasteiger partial charge in [0.25, 0.3) is 0 Å². The van der Waals surface area contributed by atoms with E-state index in [1.165, 1.54) is 17.4 Å². The Labute approximate surface area is 100.0 Å². The Morgan fingerprint density at radius 2 is 2.31 bits per heavy atom. The number of aromatic nitrogens is 1. The minimum atomic E-state index is 0.776. The first-order valence-electron chi connectivity index (χ1n) is 5.80. The summed E-state index contributed by atoms with van der Waals surface area (Å²) in [5.41, 5.74) is 2.47. The molecular formula is C13H15ClN2. The van der Waals surface area contributed by atoms with Crippen molar-refractivity contribution in [1.82, 2.24) is 10.3 Å². The number of rotatable bonds is 2. The predicted octanol–water partition coefficient (Wildman–Crippen LogP) is 2.97. The highest BCUT2D eigenvalue weighted by molar-refractivity contribution is 6.35. The second-order valence-corrected chi connectivity index (χ2v) is 4.95. The number of halogens is 1. The summed E-state index contributed by atoms with van der Waals surface area (Å²) in [6.07, 6.45) is 4.54. The molecule has 1 aromatic carbocycles. The van der Waals surface area contributed by atoms with E-state index in [9.17, 15) is 0 Å². The molecule has 2 heterocycles.